The summed E-state index contributed by atoms with van der Waals surface area (Å²) in [6.07, 6.45) is 2.26. The molecular weight excluding hydrogens is 417 g/mol. The highest BCUT2D eigenvalue weighted by molar-refractivity contribution is 5.85. The van der Waals surface area contributed by atoms with Crippen molar-refractivity contribution in [2.24, 2.45) is 0 Å². The van der Waals surface area contributed by atoms with Crippen molar-refractivity contribution in [3.8, 4) is 11.4 Å². The van der Waals surface area contributed by atoms with Gasteiger partial charge in [-0.25, -0.2) is 9.18 Å². The first kappa shape index (κ1) is 19.8. The predicted octanol–water partition coefficient (Wildman–Crippen LogP) is 3.73. The van der Waals surface area contributed by atoms with Crippen LogP contribution in [0.5, 0.6) is 5.75 Å². The number of fused-ring (bicyclic) bond motifs is 3. The highest BCUT2D eigenvalue weighted by Crippen LogP contribution is 2.32. The molecule has 0 bridgehead atoms. The first-order valence-corrected chi connectivity index (χ1v) is 9.96. The SMILES string of the molecule is O=C(O)N1CCc2oc3ccc(-n4ccc(OCc5ccc(F)cn5)cc4=O)cc3c2C1. The van der Waals surface area contributed by atoms with Crippen molar-refractivity contribution < 1.29 is 23.4 Å². The molecule has 1 amide bonds. The van der Waals surface area contributed by atoms with Gasteiger partial charge in [-0.2, -0.15) is 0 Å². The largest absolute Gasteiger partial charge is 0.487 e. The Morgan fingerprint density at radius 2 is 2.09 bits per heavy atom. The van der Waals surface area contributed by atoms with Crippen LogP contribution in [0.15, 0.2) is 64.1 Å². The van der Waals surface area contributed by atoms with Gasteiger partial charge < -0.3 is 19.2 Å². The van der Waals surface area contributed by atoms with Gasteiger partial charge in [0.2, 0.25) is 0 Å². The van der Waals surface area contributed by atoms with E-state index in [9.17, 15) is 19.1 Å². The number of aromatic nitrogens is 2. The maximum atomic E-state index is 13.0. The monoisotopic (exact) mass is 435 g/mol. The number of halogens is 1. The van der Waals surface area contributed by atoms with Gasteiger partial charge in [0.15, 0.2) is 0 Å². The lowest BCUT2D eigenvalue weighted by atomic mass is 10.0. The molecule has 1 N–H and O–H groups in total. The van der Waals surface area contributed by atoms with Crippen LogP contribution in [-0.4, -0.2) is 32.2 Å². The molecule has 3 aromatic heterocycles. The van der Waals surface area contributed by atoms with Gasteiger partial charge in [0.1, 0.15) is 29.5 Å². The van der Waals surface area contributed by atoms with E-state index in [-0.39, 0.29) is 18.7 Å². The number of rotatable bonds is 4. The van der Waals surface area contributed by atoms with Crippen molar-refractivity contribution in [3.63, 3.8) is 0 Å². The number of ether oxygens (including phenoxy) is 1. The summed E-state index contributed by atoms with van der Waals surface area (Å²) < 4.78 is 25.9. The third-order valence-corrected chi connectivity index (χ3v) is 5.43. The van der Waals surface area contributed by atoms with Gasteiger partial charge in [-0.1, -0.05) is 0 Å². The Morgan fingerprint density at radius 3 is 2.84 bits per heavy atom. The summed E-state index contributed by atoms with van der Waals surface area (Å²) in [5, 5.41) is 10.1. The minimum Gasteiger partial charge on any atom is -0.487 e. The number of hydrogen-bond acceptors (Lipinski definition) is 5. The molecule has 1 aliphatic heterocycles. The summed E-state index contributed by atoms with van der Waals surface area (Å²) in [6, 6.07) is 11.2. The van der Waals surface area contributed by atoms with Gasteiger partial charge >= 0.3 is 6.09 Å². The minimum atomic E-state index is -0.969. The topological polar surface area (TPSA) is 97.8 Å². The van der Waals surface area contributed by atoms with Gasteiger partial charge in [-0.3, -0.25) is 14.3 Å². The smallest absolute Gasteiger partial charge is 0.407 e. The minimum absolute atomic E-state index is 0.108. The van der Waals surface area contributed by atoms with Gasteiger partial charge in [-0.05, 0) is 36.4 Å². The molecule has 1 aliphatic rings. The summed E-state index contributed by atoms with van der Waals surface area (Å²) in [6.45, 7) is 0.751. The number of carboxylic acid groups (broad SMARTS) is 1. The highest BCUT2D eigenvalue weighted by atomic mass is 19.1. The molecule has 4 heterocycles. The zero-order valence-electron chi connectivity index (χ0n) is 16.8. The van der Waals surface area contributed by atoms with E-state index in [0.29, 0.717) is 35.7 Å². The molecule has 162 valence electrons. The zero-order chi connectivity index (χ0) is 22.2. The third kappa shape index (κ3) is 3.68. The molecule has 9 heteroatoms. The van der Waals surface area contributed by atoms with Crippen molar-refractivity contribution in [1.29, 1.82) is 0 Å². The fraction of sp³-hybridized carbons (Fsp3) is 0.174. The van der Waals surface area contributed by atoms with Gasteiger partial charge in [0, 0.05) is 41.9 Å². The van der Waals surface area contributed by atoms with Crippen LogP contribution in [0, 0.1) is 5.82 Å². The Hall–Kier alpha value is -4.14. The second kappa shape index (κ2) is 7.84. The summed E-state index contributed by atoms with van der Waals surface area (Å²) in [7, 11) is 0. The lowest BCUT2D eigenvalue weighted by Crippen LogP contribution is -2.34. The van der Waals surface area contributed by atoms with Gasteiger partial charge in [0.05, 0.1) is 18.4 Å². The maximum absolute atomic E-state index is 13.0. The average molecular weight is 435 g/mol. The van der Waals surface area contributed by atoms with E-state index < -0.39 is 11.9 Å². The Bertz CT molecular complexity index is 1380. The molecule has 0 atom stereocenters. The third-order valence-electron chi connectivity index (χ3n) is 5.43. The van der Waals surface area contributed by atoms with Crippen LogP contribution in [0.3, 0.4) is 0 Å². The van der Waals surface area contributed by atoms with E-state index >= 15 is 0 Å². The van der Waals surface area contributed by atoms with Crippen LogP contribution in [0.4, 0.5) is 9.18 Å². The molecule has 8 nitrogen and oxygen atoms in total. The molecule has 5 rings (SSSR count). The first-order valence-electron chi connectivity index (χ1n) is 9.96. The molecular formula is C23H18FN3O5. The van der Waals surface area contributed by atoms with E-state index in [1.165, 1.54) is 27.7 Å². The van der Waals surface area contributed by atoms with E-state index in [4.69, 9.17) is 9.15 Å². The number of benzene rings is 1. The normalized spacial score (nSPS) is 13.2. The van der Waals surface area contributed by atoms with Gasteiger partial charge in [0.25, 0.3) is 5.56 Å². The number of nitrogens with zero attached hydrogens (tertiary/aromatic N) is 3. The van der Waals surface area contributed by atoms with E-state index in [0.717, 1.165) is 22.9 Å². The summed E-state index contributed by atoms with van der Waals surface area (Å²) in [5.41, 5.74) is 2.37. The van der Waals surface area contributed by atoms with Crippen molar-refractivity contribution in [2.75, 3.05) is 6.54 Å². The van der Waals surface area contributed by atoms with Crippen LogP contribution in [-0.2, 0) is 19.6 Å². The van der Waals surface area contributed by atoms with E-state index in [1.54, 1.807) is 24.4 Å². The molecule has 0 saturated heterocycles. The highest BCUT2D eigenvalue weighted by Gasteiger charge is 2.25. The van der Waals surface area contributed by atoms with Crippen LogP contribution < -0.4 is 10.3 Å². The molecule has 32 heavy (non-hydrogen) atoms. The second-order valence-electron chi connectivity index (χ2n) is 7.47. The molecule has 0 spiro atoms. The van der Waals surface area contributed by atoms with Crippen molar-refractivity contribution in [1.82, 2.24) is 14.5 Å². The molecule has 4 aromatic rings. The van der Waals surface area contributed by atoms with Crippen LogP contribution in [0.25, 0.3) is 16.7 Å². The average Bonchev–Trinajstić information content (AvgIpc) is 3.16. The lowest BCUT2D eigenvalue weighted by Gasteiger charge is -2.23. The van der Waals surface area contributed by atoms with Crippen molar-refractivity contribution in [3.05, 3.63) is 88.0 Å². The van der Waals surface area contributed by atoms with Crippen LogP contribution >= 0.6 is 0 Å². The fourth-order valence-corrected chi connectivity index (χ4v) is 3.80. The Labute approximate surface area is 181 Å². The van der Waals surface area contributed by atoms with Crippen LogP contribution in [0.1, 0.15) is 17.0 Å². The molecule has 0 radical (unpaired) electrons. The van der Waals surface area contributed by atoms with E-state index in [1.807, 2.05) is 6.07 Å². The fourth-order valence-electron chi connectivity index (χ4n) is 3.80. The Balaban J connectivity index is 1.41. The Kier molecular flexibility index (Phi) is 4.85. The van der Waals surface area contributed by atoms with Crippen molar-refractivity contribution in [2.45, 2.75) is 19.6 Å². The zero-order valence-corrected chi connectivity index (χ0v) is 16.8. The first-order chi connectivity index (χ1) is 15.5. The maximum Gasteiger partial charge on any atom is 0.407 e. The quantitative estimate of drug-likeness (QED) is 0.525. The molecule has 1 aromatic carbocycles. The number of pyridine rings is 2. The van der Waals surface area contributed by atoms with Crippen molar-refractivity contribution >= 4 is 17.1 Å². The number of amides is 1. The van der Waals surface area contributed by atoms with Gasteiger partial charge in [-0.15, -0.1) is 0 Å². The molecule has 0 fully saturated rings. The Morgan fingerprint density at radius 1 is 1.22 bits per heavy atom. The summed E-state index contributed by atoms with van der Waals surface area (Å²) >= 11 is 0. The number of carbonyl (C=O) groups is 1. The predicted molar refractivity (Wildman–Crippen MR) is 112 cm³/mol. The molecule has 0 aliphatic carbocycles. The van der Waals surface area contributed by atoms with Crippen LogP contribution in [0.2, 0.25) is 0 Å². The molecule has 0 saturated carbocycles. The lowest BCUT2D eigenvalue weighted by molar-refractivity contribution is 0.138. The number of furan rings is 1. The summed E-state index contributed by atoms with van der Waals surface area (Å²) in [5.74, 6) is 0.722. The number of hydrogen-bond donors (Lipinski definition) is 1. The van der Waals surface area contributed by atoms with E-state index in [2.05, 4.69) is 4.98 Å². The molecule has 0 unspecified atom stereocenters. The summed E-state index contributed by atoms with van der Waals surface area (Å²) in [4.78, 5) is 29.3. The second-order valence-corrected chi connectivity index (χ2v) is 7.47. The standard InChI is InChI=1S/C23H18FN3O5/c24-14-1-2-15(25-11-14)13-31-17-5-8-27(22(28)10-17)16-3-4-20-18(9-16)19-12-26(23(29)30)7-6-21(19)32-20/h1-5,8-11H,6-7,12-13H2,(H,29,30).